The molecule has 10 rings (SSSR count). The first-order valence-corrected chi connectivity index (χ1v) is 17.2. The standard InChI is InChI=1S/C47H31N3O/c1-3-14-32(15-4-1)37-27-26-36(29-41(37)33-16-5-2-6-17-33)49(47-30-46-42(31-48-47)40-22-9-12-25-45(40)51-46)34-18-13-19-35(28-34)50-43-23-10-7-20-38(43)39-21-8-11-24-44(39)50/h1-31H. The predicted molar refractivity (Wildman–Crippen MR) is 211 cm³/mol. The van der Waals surface area contributed by atoms with Gasteiger partial charge in [0.15, 0.2) is 0 Å². The summed E-state index contributed by atoms with van der Waals surface area (Å²) in [5.74, 6) is 0.771. The van der Waals surface area contributed by atoms with E-state index in [4.69, 9.17) is 9.40 Å². The Morgan fingerprint density at radius 3 is 1.76 bits per heavy atom. The van der Waals surface area contributed by atoms with Crippen molar-refractivity contribution in [3.8, 4) is 27.9 Å². The Kier molecular flexibility index (Phi) is 6.78. The van der Waals surface area contributed by atoms with Crippen molar-refractivity contribution in [1.82, 2.24) is 9.55 Å². The number of para-hydroxylation sites is 3. The van der Waals surface area contributed by atoms with Gasteiger partial charge in [-0.3, -0.25) is 4.90 Å². The van der Waals surface area contributed by atoms with Crippen LogP contribution in [0.25, 0.3) is 71.7 Å². The molecule has 7 aromatic carbocycles. The summed E-state index contributed by atoms with van der Waals surface area (Å²) in [6.07, 6.45) is 1.94. The summed E-state index contributed by atoms with van der Waals surface area (Å²) >= 11 is 0. The van der Waals surface area contributed by atoms with Crippen molar-refractivity contribution in [2.24, 2.45) is 0 Å². The Bertz CT molecular complexity index is 2820. The molecule has 0 saturated carbocycles. The average molecular weight is 654 g/mol. The lowest BCUT2D eigenvalue weighted by Gasteiger charge is -2.26. The van der Waals surface area contributed by atoms with Crippen LogP contribution in [-0.4, -0.2) is 9.55 Å². The van der Waals surface area contributed by atoms with Crippen LogP contribution in [0.5, 0.6) is 0 Å². The summed E-state index contributed by atoms with van der Waals surface area (Å²) in [7, 11) is 0. The molecule has 0 spiro atoms. The lowest BCUT2D eigenvalue weighted by atomic mass is 9.93. The van der Waals surface area contributed by atoms with Gasteiger partial charge >= 0.3 is 0 Å². The fourth-order valence-corrected chi connectivity index (χ4v) is 7.52. The number of furan rings is 1. The van der Waals surface area contributed by atoms with Crippen molar-refractivity contribution in [2.75, 3.05) is 4.90 Å². The number of benzene rings is 7. The van der Waals surface area contributed by atoms with E-state index in [9.17, 15) is 0 Å². The van der Waals surface area contributed by atoms with E-state index in [2.05, 4.69) is 173 Å². The second-order valence-electron chi connectivity index (χ2n) is 12.8. The van der Waals surface area contributed by atoms with Crippen molar-refractivity contribution >= 4 is 60.9 Å². The van der Waals surface area contributed by atoms with Gasteiger partial charge in [0.1, 0.15) is 17.0 Å². The first-order valence-electron chi connectivity index (χ1n) is 17.2. The summed E-state index contributed by atoms with van der Waals surface area (Å²) < 4.78 is 8.75. The quantitative estimate of drug-likeness (QED) is 0.179. The monoisotopic (exact) mass is 653 g/mol. The lowest BCUT2D eigenvalue weighted by Crippen LogP contribution is -2.12. The minimum absolute atomic E-state index is 0.771. The maximum Gasteiger partial charge on any atom is 0.141 e. The molecule has 0 aliphatic rings. The van der Waals surface area contributed by atoms with Gasteiger partial charge in [-0.25, -0.2) is 4.98 Å². The highest BCUT2D eigenvalue weighted by Gasteiger charge is 2.20. The van der Waals surface area contributed by atoms with Gasteiger partial charge in [-0.15, -0.1) is 0 Å². The SMILES string of the molecule is c1ccc(-c2ccc(N(c3cccc(-n4c5ccccc5c5ccccc54)c3)c3cc4oc5ccccc5c4cn3)cc2-c2ccccc2)cc1. The van der Waals surface area contributed by atoms with Crippen LogP contribution >= 0.6 is 0 Å². The molecule has 4 nitrogen and oxygen atoms in total. The van der Waals surface area contributed by atoms with E-state index in [1.165, 1.54) is 32.9 Å². The molecule has 0 aliphatic carbocycles. The molecule has 0 saturated heterocycles. The third-order valence-electron chi connectivity index (χ3n) is 9.83. The molecule has 0 aliphatic heterocycles. The summed E-state index contributed by atoms with van der Waals surface area (Å²) in [5.41, 5.74) is 11.7. The fourth-order valence-electron chi connectivity index (χ4n) is 7.52. The van der Waals surface area contributed by atoms with Gasteiger partial charge in [-0.05, 0) is 70.8 Å². The van der Waals surface area contributed by atoms with Crippen LogP contribution in [0.15, 0.2) is 193 Å². The van der Waals surface area contributed by atoms with Gasteiger partial charge in [0.05, 0.1) is 11.0 Å². The normalized spacial score (nSPS) is 11.5. The van der Waals surface area contributed by atoms with Crippen molar-refractivity contribution in [2.45, 2.75) is 0 Å². The smallest absolute Gasteiger partial charge is 0.141 e. The molecular weight excluding hydrogens is 623 g/mol. The minimum Gasteiger partial charge on any atom is -0.456 e. The average Bonchev–Trinajstić information content (AvgIpc) is 3.74. The van der Waals surface area contributed by atoms with Crippen LogP contribution in [0.2, 0.25) is 0 Å². The Labute approximate surface area is 295 Å². The number of rotatable bonds is 6. The van der Waals surface area contributed by atoms with Gasteiger partial charge in [-0.2, -0.15) is 0 Å². The van der Waals surface area contributed by atoms with Crippen molar-refractivity contribution in [1.29, 1.82) is 0 Å². The molecular formula is C47H31N3O. The zero-order chi connectivity index (χ0) is 33.7. The molecule has 0 unspecified atom stereocenters. The Hall–Kier alpha value is -6.91. The van der Waals surface area contributed by atoms with Gasteiger partial charge in [-0.1, -0.05) is 127 Å². The summed E-state index contributed by atoms with van der Waals surface area (Å²) in [5, 5.41) is 4.52. The molecule has 0 atom stereocenters. The van der Waals surface area contributed by atoms with Crippen LogP contribution in [0.4, 0.5) is 17.2 Å². The molecule has 4 heteroatoms. The second kappa shape index (κ2) is 11.9. The van der Waals surface area contributed by atoms with E-state index in [-0.39, 0.29) is 0 Å². The number of anilines is 3. The topological polar surface area (TPSA) is 34.2 Å². The van der Waals surface area contributed by atoms with Gasteiger partial charge in [0, 0.05) is 50.9 Å². The summed E-state index contributed by atoms with van der Waals surface area (Å²) in [6, 6.07) is 64.1. The maximum atomic E-state index is 6.39. The Morgan fingerprint density at radius 2 is 1.04 bits per heavy atom. The van der Waals surface area contributed by atoms with Crippen molar-refractivity contribution < 1.29 is 4.42 Å². The number of pyridine rings is 1. The van der Waals surface area contributed by atoms with E-state index < -0.39 is 0 Å². The molecule has 0 radical (unpaired) electrons. The third-order valence-corrected chi connectivity index (χ3v) is 9.83. The minimum atomic E-state index is 0.771. The largest absolute Gasteiger partial charge is 0.456 e. The number of hydrogen-bond acceptors (Lipinski definition) is 3. The van der Waals surface area contributed by atoms with Crippen LogP contribution < -0.4 is 4.90 Å². The summed E-state index contributed by atoms with van der Waals surface area (Å²) in [4.78, 5) is 7.36. The number of aromatic nitrogens is 2. The molecule has 10 aromatic rings. The van der Waals surface area contributed by atoms with Gasteiger partial charge < -0.3 is 8.98 Å². The Balaban J connectivity index is 1.21. The highest BCUT2D eigenvalue weighted by atomic mass is 16.3. The van der Waals surface area contributed by atoms with E-state index in [1.54, 1.807) is 0 Å². The molecule has 0 amide bonds. The first-order chi connectivity index (χ1) is 25.3. The van der Waals surface area contributed by atoms with Crippen LogP contribution in [0.3, 0.4) is 0 Å². The van der Waals surface area contributed by atoms with Crippen LogP contribution in [0, 0.1) is 0 Å². The predicted octanol–water partition coefficient (Wildman–Crippen LogP) is 12.9. The molecule has 3 heterocycles. The number of nitrogens with zero attached hydrogens (tertiary/aromatic N) is 3. The first kappa shape index (κ1) is 29.0. The number of fused-ring (bicyclic) bond motifs is 6. The Morgan fingerprint density at radius 1 is 0.431 bits per heavy atom. The zero-order valence-electron chi connectivity index (χ0n) is 27.6. The molecule has 51 heavy (non-hydrogen) atoms. The molecule has 0 fully saturated rings. The van der Waals surface area contributed by atoms with Crippen molar-refractivity contribution in [3.63, 3.8) is 0 Å². The van der Waals surface area contributed by atoms with Gasteiger partial charge in [0.2, 0.25) is 0 Å². The van der Waals surface area contributed by atoms with Crippen molar-refractivity contribution in [3.05, 3.63) is 188 Å². The van der Waals surface area contributed by atoms with E-state index in [0.717, 1.165) is 55.9 Å². The highest BCUT2D eigenvalue weighted by molar-refractivity contribution is 6.09. The van der Waals surface area contributed by atoms with Crippen LogP contribution in [-0.2, 0) is 0 Å². The number of hydrogen-bond donors (Lipinski definition) is 0. The zero-order valence-corrected chi connectivity index (χ0v) is 27.6. The van der Waals surface area contributed by atoms with E-state index >= 15 is 0 Å². The van der Waals surface area contributed by atoms with Crippen LogP contribution in [0.1, 0.15) is 0 Å². The third kappa shape index (κ3) is 4.88. The van der Waals surface area contributed by atoms with Gasteiger partial charge in [0.25, 0.3) is 0 Å². The molecule has 0 N–H and O–H groups in total. The van der Waals surface area contributed by atoms with E-state index in [0.29, 0.717) is 0 Å². The summed E-state index contributed by atoms with van der Waals surface area (Å²) in [6.45, 7) is 0. The molecule has 240 valence electrons. The lowest BCUT2D eigenvalue weighted by molar-refractivity contribution is 0.668. The fraction of sp³-hybridized carbons (Fsp3) is 0. The highest BCUT2D eigenvalue weighted by Crippen LogP contribution is 2.42. The molecule has 3 aromatic heterocycles. The maximum absolute atomic E-state index is 6.39. The second-order valence-corrected chi connectivity index (χ2v) is 12.8. The van der Waals surface area contributed by atoms with E-state index in [1.807, 2.05) is 24.4 Å². The molecule has 0 bridgehead atoms.